The normalized spacial score (nSPS) is 10.1. The number of carbonyl (C=O) groups is 1. The van der Waals surface area contributed by atoms with Gasteiger partial charge < -0.3 is 9.84 Å². The lowest BCUT2D eigenvalue weighted by Gasteiger charge is -2.05. The predicted octanol–water partition coefficient (Wildman–Crippen LogP) is 2.04. The van der Waals surface area contributed by atoms with Crippen LogP contribution in [0.5, 0.6) is 11.6 Å². The van der Waals surface area contributed by atoms with Crippen LogP contribution in [-0.2, 0) is 11.2 Å². The molecule has 6 heteroatoms. The quantitative estimate of drug-likeness (QED) is 0.896. The molecule has 1 aromatic carbocycles. The maximum atomic E-state index is 12.9. The summed E-state index contributed by atoms with van der Waals surface area (Å²) in [6.07, 6.45) is 0.981. The van der Waals surface area contributed by atoms with Crippen molar-refractivity contribution in [3.63, 3.8) is 0 Å². The third kappa shape index (κ3) is 3.24. The number of aliphatic carboxylic acids is 1. The van der Waals surface area contributed by atoms with Gasteiger partial charge in [0.05, 0.1) is 12.1 Å². The van der Waals surface area contributed by atoms with Crippen LogP contribution in [0.2, 0.25) is 0 Å². The van der Waals surface area contributed by atoms with Crippen LogP contribution < -0.4 is 4.74 Å². The van der Waals surface area contributed by atoms with Gasteiger partial charge in [0.1, 0.15) is 17.9 Å². The number of hydrogen-bond acceptors (Lipinski definition) is 4. The number of benzene rings is 1. The van der Waals surface area contributed by atoms with Crippen LogP contribution in [0.3, 0.4) is 0 Å². The Morgan fingerprint density at radius 2 is 2.17 bits per heavy atom. The smallest absolute Gasteiger partial charge is 0.309 e. The van der Waals surface area contributed by atoms with E-state index in [4.69, 9.17) is 9.84 Å². The first kappa shape index (κ1) is 12.0. The molecular weight excluding hydrogens is 239 g/mol. The maximum Gasteiger partial charge on any atom is 0.309 e. The van der Waals surface area contributed by atoms with Gasteiger partial charge >= 0.3 is 5.97 Å². The lowest BCUT2D eigenvalue weighted by atomic mass is 10.3. The summed E-state index contributed by atoms with van der Waals surface area (Å²) in [6.45, 7) is 0. The largest absolute Gasteiger partial charge is 0.481 e. The summed E-state index contributed by atoms with van der Waals surface area (Å²) in [6, 6.07) is 6.98. The summed E-state index contributed by atoms with van der Waals surface area (Å²) < 4.78 is 18.2. The number of carboxylic acid groups (broad SMARTS) is 1. The zero-order valence-corrected chi connectivity index (χ0v) is 9.21. The Hall–Kier alpha value is -2.50. The molecule has 0 aliphatic heterocycles. The number of nitrogens with zero attached hydrogens (tertiary/aromatic N) is 2. The molecule has 2 aromatic rings. The summed E-state index contributed by atoms with van der Waals surface area (Å²) in [5, 5.41) is 8.63. The minimum atomic E-state index is -0.995. The predicted molar refractivity (Wildman–Crippen MR) is 59.8 cm³/mol. The highest BCUT2D eigenvalue weighted by atomic mass is 19.1. The molecule has 0 spiro atoms. The molecule has 0 amide bonds. The molecule has 0 atom stereocenters. The first-order valence-electron chi connectivity index (χ1n) is 5.09. The van der Waals surface area contributed by atoms with Crippen LogP contribution in [-0.4, -0.2) is 21.0 Å². The third-order valence-electron chi connectivity index (χ3n) is 2.05. The summed E-state index contributed by atoms with van der Waals surface area (Å²) in [5.74, 6) is -0.959. The number of hydrogen-bond donors (Lipinski definition) is 1. The molecule has 92 valence electrons. The van der Waals surface area contributed by atoms with Gasteiger partial charge in [0.15, 0.2) is 0 Å². The fourth-order valence-electron chi connectivity index (χ4n) is 1.34. The number of aromatic nitrogens is 2. The Morgan fingerprint density at radius 3 is 2.89 bits per heavy atom. The van der Waals surface area contributed by atoms with E-state index in [1.54, 1.807) is 6.07 Å². The van der Waals surface area contributed by atoms with Gasteiger partial charge in [-0.2, -0.15) is 0 Å². The van der Waals surface area contributed by atoms with E-state index in [1.165, 1.54) is 30.6 Å². The molecule has 0 bridgehead atoms. The van der Waals surface area contributed by atoms with Crippen LogP contribution in [0.25, 0.3) is 0 Å². The molecular formula is C12H9FN2O3. The van der Waals surface area contributed by atoms with Crippen molar-refractivity contribution in [2.45, 2.75) is 6.42 Å². The second-order valence-corrected chi connectivity index (χ2v) is 3.48. The fourth-order valence-corrected chi connectivity index (χ4v) is 1.34. The molecule has 1 aromatic heterocycles. The SMILES string of the molecule is O=C(O)Cc1cc(Oc2cccc(F)c2)ncn1. The van der Waals surface area contributed by atoms with Gasteiger partial charge in [-0.05, 0) is 12.1 Å². The van der Waals surface area contributed by atoms with Crippen molar-refractivity contribution < 1.29 is 19.0 Å². The summed E-state index contributed by atoms with van der Waals surface area (Å²) in [4.78, 5) is 18.1. The van der Waals surface area contributed by atoms with Crippen LogP contribution in [0.15, 0.2) is 36.7 Å². The van der Waals surface area contributed by atoms with E-state index in [0.29, 0.717) is 5.69 Å². The van der Waals surface area contributed by atoms with E-state index in [-0.39, 0.29) is 18.1 Å². The van der Waals surface area contributed by atoms with Gasteiger partial charge in [0.2, 0.25) is 5.88 Å². The number of rotatable bonds is 4. The summed E-state index contributed by atoms with van der Waals surface area (Å²) in [7, 11) is 0. The van der Waals surface area contributed by atoms with Gasteiger partial charge in [0.25, 0.3) is 0 Å². The topological polar surface area (TPSA) is 72.3 Å². The zero-order valence-electron chi connectivity index (χ0n) is 9.21. The molecule has 18 heavy (non-hydrogen) atoms. The van der Waals surface area contributed by atoms with Crippen LogP contribution in [0.4, 0.5) is 4.39 Å². The minimum Gasteiger partial charge on any atom is -0.481 e. The zero-order chi connectivity index (χ0) is 13.0. The molecule has 0 radical (unpaired) electrons. The molecule has 0 aliphatic carbocycles. The number of halogens is 1. The lowest BCUT2D eigenvalue weighted by Crippen LogP contribution is -2.03. The highest BCUT2D eigenvalue weighted by Crippen LogP contribution is 2.19. The molecule has 1 N–H and O–H groups in total. The Kier molecular flexibility index (Phi) is 3.47. The first-order chi connectivity index (χ1) is 8.63. The Morgan fingerprint density at radius 1 is 1.33 bits per heavy atom. The van der Waals surface area contributed by atoms with Gasteiger partial charge in [-0.1, -0.05) is 6.07 Å². The van der Waals surface area contributed by atoms with E-state index in [1.807, 2.05) is 0 Å². The number of ether oxygens (including phenoxy) is 1. The van der Waals surface area contributed by atoms with Gasteiger partial charge in [-0.15, -0.1) is 0 Å². The third-order valence-corrected chi connectivity index (χ3v) is 2.05. The van der Waals surface area contributed by atoms with Crippen molar-refractivity contribution in [1.82, 2.24) is 9.97 Å². The number of carboxylic acids is 1. The average Bonchev–Trinajstić information content (AvgIpc) is 2.28. The van der Waals surface area contributed by atoms with Gasteiger partial charge in [-0.25, -0.2) is 14.4 Å². The van der Waals surface area contributed by atoms with Crippen molar-refractivity contribution in [3.8, 4) is 11.6 Å². The Labute approximate surface area is 102 Å². The van der Waals surface area contributed by atoms with E-state index in [2.05, 4.69) is 9.97 Å². The highest BCUT2D eigenvalue weighted by molar-refractivity contribution is 5.69. The van der Waals surface area contributed by atoms with Crippen molar-refractivity contribution in [2.75, 3.05) is 0 Å². The summed E-state index contributed by atoms with van der Waals surface area (Å²) >= 11 is 0. The van der Waals surface area contributed by atoms with Crippen LogP contribution in [0, 0.1) is 5.82 Å². The highest BCUT2D eigenvalue weighted by Gasteiger charge is 2.05. The van der Waals surface area contributed by atoms with Gasteiger partial charge in [-0.3, -0.25) is 4.79 Å². The maximum absolute atomic E-state index is 12.9. The molecule has 0 aliphatic rings. The van der Waals surface area contributed by atoms with E-state index < -0.39 is 11.8 Å². The van der Waals surface area contributed by atoms with Crippen molar-refractivity contribution in [1.29, 1.82) is 0 Å². The van der Waals surface area contributed by atoms with Crippen LogP contribution in [0.1, 0.15) is 5.69 Å². The molecule has 5 nitrogen and oxygen atoms in total. The van der Waals surface area contributed by atoms with E-state index >= 15 is 0 Å². The Bertz CT molecular complexity index is 575. The molecule has 0 fully saturated rings. The van der Waals surface area contributed by atoms with Crippen molar-refractivity contribution in [2.24, 2.45) is 0 Å². The molecule has 1 heterocycles. The molecule has 0 saturated carbocycles. The average molecular weight is 248 g/mol. The second-order valence-electron chi connectivity index (χ2n) is 3.48. The minimum absolute atomic E-state index is 0.173. The lowest BCUT2D eigenvalue weighted by molar-refractivity contribution is -0.136. The van der Waals surface area contributed by atoms with Crippen LogP contribution >= 0.6 is 0 Å². The standard InChI is InChI=1S/C12H9FN2O3/c13-8-2-1-3-10(4-8)18-11-5-9(6-12(16)17)14-7-15-11/h1-5,7H,6H2,(H,16,17). The van der Waals surface area contributed by atoms with E-state index in [9.17, 15) is 9.18 Å². The molecule has 2 rings (SSSR count). The van der Waals surface area contributed by atoms with Crippen molar-refractivity contribution >= 4 is 5.97 Å². The van der Waals surface area contributed by atoms with Crippen molar-refractivity contribution in [3.05, 3.63) is 48.2 Å². The van der Waals surface area contributed by atoms with E-state index in [0.717, 1.165) is 0 Å². The van der Waals surface area contributed by atoms with Gasteiger partial charge in [0, 0.05) is 12.1 Å². The molecule has 0 saturated heterocycles. The monoisotopic (exact) mass is 248 g/mol. The summed E-state index contributed by atoms with van der Waals surface area (Å²) in [5.41, 5.74) is 0.323. The second kappa shape index (κ2) is 5.22. The molecule has 0 unspecified atom stereocenters. The first-order valence-corrected chi connectivity index (χ1v) is 5.09. The Balaban J connectivity index is 2.16. The fraction of sp³-hybridized carbons (Fsp3) is 0.0833.